The Bertz CT molecular complexity index is 834. The maximum atomic E-state index is 14.3. The first-order chi connectivity index (χ1) is 13.1. The second-order valence-corrected chi connectivity index (χ2v) is 8.05. The van der Waals surface area contributed by atoms with Gasteiger partial charge < -0.3 is 14.8 Å². The number of halogens is 1. The van der Waals surface area contributed by atoms with Gasteiger partial charge in [0.15, 0.2) is 0 Å². The molecule has 2 fully saturated rings. The monoisotopic (exact) mass is 387 g/mol. The number of anilines is 1. The Kier molecular flexibility index (Phi) is 5.20. The number of thioether (sulfide) groups is 1. The lowest BCUT2D eigenvalue weighted by molar-refractivity contribution is -0.139. The molecule has 0 radical (unpaired) electrons. The third-order valence-corrected chi connectivity index (χ3v) is 6.30. The zero-order valence-corrected chi connectivity index (χ0v) is 15.8. The van der Waals surface area contributed by atoms with Crippen molar-refractivity contribution in [2.45, 2.75) is 31.7 Å². The van der Waals surface area contributed by atoms with Crippen LogP contribution in [-0.4, -0.2) is 39.0 Å². The quantitative estimate of drug-likeness (QED) is 0.871. The Balaban J connectivity index is 1.49. The van der Waals surface area contributed by atoms with Crippen LogP contribution in [0.25, 0.3) is 5.69 Å². The molecule has 1 unspecified atom stereocenters. The Labute approximate surface area is 161 Å². The highest BCUT2D eigenvalue weighted by Gasteiger charge is 2.38. The van der Waals surface area contributed by atoms with E-state index in [1.165, 1.54) is 6.07 Å². The van der Waals surface area contributed by atoms with Crippen molar-refractivity contribution in [2.24, 2.45) is 5.92 Å². The lowest BCUT2D eigenvalue weighted by Crippen LogP contribution is -2.46. The molecule has 1 aromatic carbocycles. The molecule has 1 saturated carbocycles. The van der Waals surface area contributed by atoms with Crippen LogP contribution in [0.15, 0.2) is 42.7 Å². The van der Waals surface area contributed by atoms with Crippen LogP contribution in [0.4, 0.5) is 10.1 Å². The third kappa shape index (κ3) is 3.74. The van der Waals surface area contributed by atoms with Gasteiger partial charge >= 0.3 is 0 Å². The lowest BCUT2D eigenvalue weighted by Gasteiger charge is -2.26. The molecule has 1 saturated heterocycles. The normalized spacial score (nSPS) is 20.2. The van der Waals surface area contributed by atoms with Crippen LogP contribution in [0.2, 0.25) is 0 Å². The molecule has 2 aliphatic rings. The molecule has 7 heteroatoms. The van der Waals surface area contributed by atoms with Gasteiger partial charge in [0, 0.05) is 29.8 Å². The highest BCUT2D eigenvalue weighted by Crippen LogP contribution is 2.31. The SMILES string of the molecule is O=C(Nc1cc(-n2cccc2)ccc1F)C1CSCN1C(=O)C1CCCC1. The maximum Gasteiger partial charge on any atom is 0.248 e. The van der Waals surface area contributed by atoms with E-state index in [-0.39, 0.29) is 23.4 Å². The largest absolute Gasteiger partial charge is 0.324 e. The van der Waals surface area contributed by atoms with Crippen molar-refractivity contribution in [1.29, 1.82) is 0 Å². The number of amides is 2. The molecule has 1 aliphatic heterocycles. The van der Waals surface area contributed by atoms with Crippen molar-refractivity contribution in [3.63, 3.8) is 0 Å². The van der Waals surface area contributed by atoms with Gasteiger partial charge in [-0.05, 0) is 43.2 Å². The molecule has 0 spiro atoms. The molecular formula is C20H22FN3O2S. The topological polar surface area (TPSA) is 54.3 Å². The second kappa shape index (κ2) is 7.76. The number of rotatable bonds is 4. The lowest BCUT2D eigenvalue weighted by atomic mass is 10.1. The zero-order chi connectivity index (χ0) is 18.8. The van der Waals surface area contributed by atoms with Gasteiger partial charge in [-0.3, -0.25) is 9.59 Å². The highest BCUT2D eigenvalue weighted by molar-refractivity contribution is 7.99. The van der Waals surface area contributed by atoms with Gasteiger partial charge in [0.05, 0.1) is 11.6 Å². The molecular weight excluding hydrogens is 365 g/mol. The minimum Gasteiger partial charge on any atom is -0.324 e. The summed E-state index contributed by atoms with van der Waals surface area (Å²) < 4.78 is 16.1. The summed E-state index contributed by atoms with van der Waals surface area (Å²) in [5, 5.41) is 2.70. The molecule has 1 aromatic heterocycles. The molecule has 1 N–H and O–H groups in total. The van der Waals surface area contributed by atoms with Crippen LogP contribution >= 0.6 is 11.8 Å². The first kappa shape index (κ1) is 18.1. The number of hydrogen-bond donors (Lipinski definition) is 1. The van der Waals surface area contributed by atoms with Crippen LogP contribution in [0.3, 0.4) is 0 Å². The van der Waals surface area contributed by atoms with Crippen molar-refractivity contribution in [3.05, 3.63) is 48.5 Å². The van der Waals surface area contributed by atoms with Crippen LogP contribution in [0.1, 0.15) is 25.7 Å². The second-order valence-electron chi connectivity index (χ2n) is 7.05. The first-order valence-corrected chi connectivity index (χ1v) is 10.4. The van der Waals surface area contributed by atoms with Gasteiger partial charge in [-0.25, -0.2) is 4.39 Å². The van der Waals surface area contributed by atoms with Gasteiger partial charge in [0.2, 0.25) is 11.8 Å². The van der Waals surface area contributed by atoms with Gasteiger partial charge in [0.1, 0.15) is 11.9 Å². The number of aromatic nitrogens is 1. The van der Waals surface area contributed by atoms with Crippen molar-refractivity contribution in [1.82, 2.24) is 9.47 Å². The first-order valence-electron chi connectivity index (χ1n) is 9.25. The summed E-state index contributed by atoms with van der Waals surface area (Å²) in [4.78, 5) is 27.2. The summed E-state index contributed by atoms with van der Waals surface area (Å²) >= 11 is 1.57. The van der Waals surface area contributed by atoms with Crippen LogP contribution in [0, 0.1) is 11.7 Å². The van der Waals surface area contributed by atoms with Crippen molar-refractivity contribution in [3.8, 4) is 5.69 Å². The maximum absolute atomic E-state index is 14.3. The molecule has 0 bridgehead atoms. The number of nitrogens with zero attached hydrogens (tertiary/aromatic N) is 2. The molecule has 1 atom stereocenters. The summed E-state index contributed by atoms with van der Waals surface area (Å²) in [7, 11) is 0. The predicted octanol–water partition coefficient (Wildman–Crippen LogP) is 3.65. The van der Waals surface area contributed by atoms with Crippen LogP contribution < -0.4 is 5.32 Å². The minimum absolute atomic E-state index is 0.0350. The van der Waals surface area contributed by atoms with E-state index in [4.69, 9.17) is 0 Å². The fraction of sp³-hybridized carbons (Fsp3) is 0.400. The number of nitrogens with one attached hydrogen (secondary N) is 1. The van der Waals surface area contributed by atoms with E-state index in [0.717, 1.165) is 31.4 Å². The Morgan fingerprint density at radius 2 is 1.89 bits per heavy atom. The van der Waals surface area contributed by atoms with E-state index in [1.807, 2.05) is 29.1 Å². The van der Waals surface area contributed by atoms with E-state index in [9.17, 15) is 14.0 Å². The van der Waals surface area contributed by atoms with Gasteiger partial charge in [-0.2, -0.15) is 0 Å². The third-order valence-electron chi connectivity index (χ3n) is 5.28. The zero-order valence-electron chi connectivity index (χ0n) is 14.9. The molecule has 1 aliphatic carbocycles. The predicted molar refractivity (Wildman–Crippen MR) is 104 cm³/mol. The van der Waals surface area contributed by atoms with E-state index in [0.29, 0.717) is 11.6 Å². The average molecular weight is 387 g/mol. The van der Waals surface area contributed by atoms with Gasteiger partial charge in [-0.1, -0.05) is 12.8 Å². The summed E-state index contributed by atoms with van der Waals surface area (Å²) in [5.41, 5.74) is 0.896. The summed E-state index contributed by atoms with van der Waals surface area (Å²) in [6.07, 6.45) is 7.67. The average Bonchev–Trinajstić information content (AvgIpc) is 3.43. The van der Waals surface area contributed by atoms with Crippen molar-refractivity contribution >= 4 is 29.3 Å². The Morgan fingerprint density at radius 1 is 1.15 bits per heavy atom. The fourth-order valence-electron chi connectivity index (χ4n) is 3.78. The molecule has 5 nitrogen and oxygen atoms in total. The summed E-state index contributed by atoms with van der Waals surface area (Å²) in [6.45, 7) is 0. The number of benzene rings is 1. The molecule has 142 valence electrons. The number of hydrogen-bond acceptors (Lipinski definition) is 3. The van der Waals surface area contributed by atoms with Crippen LogP contribution in [-0.2, 0) is 9.59 Å². The van der Waals surface area contributed by atoms with E-state index in [2.05, 4.69) is 5.32 Å². The van der Waals surface area contributed by atoms with Gasteiger partial charge in [0.25, 0.3) is 0 Å². The Hall–Kier alpha value is -2.28. The van der Waals surface area contributed by atoms with Crippen molar-refractivity contribution in [2.75, 3.05) is 16.9 Å². The van der Waals surface area contributed by atoms with E-state index < -0.39 is 11.9 Å². The number of carbonyl (C=O) groups excluding carboxylic acids is 2. The highest BCUT2D eigenvalue weighted by atomic mass is 32.2. The fourth-order valence-corrected chi connectivity index (χ4v) is 4.94. The van der Waals surface area contributed by atoms with E-state index in [1.54, 1.807) is 28.8 Å². The summed E-state index contributed by atoms with van der Waals surface area (Å²) in [5.74, 6) is 0.364. The molecule has 2 aromatic rings. The minimum atomic E-state index is -0.544. The van der Waals surface area contributed by atoms with Gasteiger partial charge in [-0.15, -0.1) is 11.8 Å². The molecule has 2 amide bonds. The standard InChI is InChI=1S/C20H22FN3O2S/c21-16-8-7-15(23-9-3-4-10-23)11-17(16)22-19(25)18-12-27-13-24(18)20(26)14-5-1-2-6-14/h3-4,7-11,14,18H,1-2,5-6,12-13H2,(H,22,25). The Morgan fingerprint density at radius 3 is 2.63 bits per heavy atom. The molecule has 2 heterocycles. The van der Waals surface area contributed by atoms with E-state index >= 15 is 0 Å². The summed E-state index contributed by atoms with van der Waals surface area (Å²) in [6, 6.07) is 7.83. The molecule has 27 heavy (non-hydrogen) atoms. The molecule has 4 rings (SSSR count). The number of carbonyl (C=O) groups is 2. The van der Waals surface area contributed by atoms with Crippen molar-refractivity contribution < 1.29 is 14.0 Å². The smallest absolute Gasteiger partial charge is 0.248 e. The van der Waals surface area contributed by atoms with Crippen LogP contribution in [0.5, 0.6) is 0 Å².